The summed E-state index contributed by atoms with van der Waals surface area (Å²) in [6.45, 7) is 2.67. The summed E-state index contributed by atoms with van der Waals surface area (Å²) in [5.74, 6) is -0.296. The summed E-state index contributed by atoms with van der Waals surface area (Å²) in [6.07, 6.45) is 1.68. The number of aromatic nitrogens is 2. The predicted molar refractivity (Wildman–Crippen MR) is 68.0 cm³/mol. The van der Waals surface area contributed by atoms with Crippen molar-refractivity contribution in [2.75, 3.05) is 0 Å². The maximum absolute atomic E-state index is 13.7. The van der Waals surface area contributed by atoms with Crippen LogP contribution in [0.4, 0.5) is 4.39 Å². The van der Waals surface area contributed by atoms with Crippen LogP contribution in [0.2, 0.25) is 0 Å². The molecule has 17 heavy (non-hydrogen) atoms. The number of nitrogens with two attached hydrogens (primary N) is 1. The van der Waals surface area contributed by atoms with E-state index in [9.17, 15) is 4.39 Å². The van der Waals surface area contributed by atoms with Crippen molar-refractivity contribution in [1.82, 2.24) is 9.78 Å². The lowest BCUT2D eigenvalue weighted by atomic mass is 10.0. The molecule has 1 aromatic carbocycles. The van der Waals surface area contributed by atoms with Gasteiger partial charge in [0.1, 0.15) is 5.82 Å². The van der Waals surface area contributed by atoms with Gasteiger partial charge < -0.3 is 5.73 Å². The number of hydrogen-bond acceptors (Lipinski definition) is 2. The average molecular weight is 298 g/mol. The maximum Gasteiger partial charge on any atom is 0.128 e. The first-order valence-electron chi connectivity index (χ1n) is 5.36. The summed E-state index contributed by atoms with van der Waals surface area (Å²) in [6, 6.07) is 6.01. The molecule has 5 heteroatoms. The van der Waals surface area contributed by atoms with Gasteiger partial charge in [-0.05, 0) is 28.9 Å². The molecule has 2 N–H and O–H groups in total. The van der Waals surface area contributed by atoms with E-state index in [-0.39, 0.29) is 5.82 Å². The summed E-state index contributed by atoms with van der Waals surface area (Å²) >= 11 is 3.39. The molecule has 1 unspecified atom stereocenters. The zero-order valence-electron chi connectivity index (χ0n) is 9.40. The van der Waals surface area contributed by atoms with Crippen molar-refractivity contribution >= 4 is 15.9 Å². The Kier molecular flexibility index (Phi) is 3.59. The van der Waals surface area contributed by atoms with Crippen LogP contribution in [0, 0.1) is 5.82 Å². The van der Waals surface area contributed by atoms with Crippen LogP contribution in [0.15, 0.2) is 34.9 Å². The predicted octanol–water partition coefficient (Wildman–Crippen LogP) is 2.85. The fraction of sp³-hybridized carbons (Fsp3) is 0.250. The molecule has 0 aliphatic carbocycles. The van der Waals surface area contributed by atoms with E-state index in [4.69, 9.17) is 5.73 Å². The smallest absolute Gasteiger partial charge is 0.128 e. The van der Waals surface area contributed by atoms with Crippen molar-refractivity contribution < 1.29 is 4.39 Å². The molecule has 1 heterocycles. The second-order valence-corrected chi connectivity index (χ2v) is 4.55. The zero-order chi connectivity index (χ0) is 12.4. The minimum atomic E-state index is -0.520. The van der Waals surface area contributed by atoms with Crippen LogP contribution in [0.5, 0.6) is 0 Å². The summed E-state index contributed by atoms with van der Waals surface area (Å²) < 4.78 is 16.2. The molecule has 0 spiro atoms. The third kappa shape index (κ3) is 2.25. The summed E-state index contributed by atoms with van der Waals surface area (Å²) in [4.78, 5) is 0. The normalized spacial score (nSPS) is 12.7. The topological polar surface area (TPSA) is 43.8 Å². The van der Waals surface area contributed by atoms with E-state index in [0.717, 1.165) is 10.2 Å². The van der Waals surface area contributed by atoms with Crippen LogP contribution >= 0.6 is 15.9 Å². The summed E-state index contributed by atoms with van der Waals surface area (Å²) in [7, 11) is 0. The Bertz CT molecular complexity index is 524. The third-order valence-electron chi connectivity index (χ3n) is 2.67. The molecular weight excluding hydrogens is 285 g/mol. The second-order valence-electron chi connectivity index (χ2n) is 3.69. The van der Waals surface area contributed by atoms with Gasteiger partial charge in [0.25, 0.3) is 0 Å². The first-order valence-corrected chi connectivity index (χ1v) is 6.15. The van der Waals surface area contributed by atoms with E-state index < -0.39 is 6.04 Å². The second kappa shape index (κ2) is 4.98. The van der Waals surface area contributed by atoms with E-state index >= 15 is 0 Å². The van der Waals surface area contributed by atoms with Crippen molar-refractivity contribution in [2.45, 2.75) is 19.5 Å². The quantitative estimate of drug-likeness (QED) is 0.947. The van der Waals surface area contributed by atoms with Gasteiger partial charge in [-0.25, -0.2) is 4.39 Å². The third-order valence-corrected chi connectivity index (χ3v) is 3.28. The van der Waals surface area contributed by atoms with Crippen molar-refractivity contribution in [3.63, 3.8) is 0 Å². The lowest BCUT2D eigenvalue weighted by Crippen LogP contribution is -2.18. The molecule has 2 rings (SSSR count). The Balaban J connectivity index is 2.47. The molecule has 0 saturated carbocycles. The molecule has 90 valence electrons. The van der Waals surface area contributed by atoms with Crippen LogP contribution in [0.1, 0.15) is 24.2 Å². The van der Waals surface area contributed by atoms with Gasteiger partial charge in [-0.15, -0.1) is 0 Å². The molecule has 1 aromatic heterocycles. The van der Waals surface area contributed by atoms with Crippen molar-refractivity contribution in [3.05, 3.63) is 52.0 Å². The van der Waals surface area contributed by atoms with Crippen LogP contribution in [-0.4, -0.2) is 9.78 Å². The Morgan fingerprint density at radius 1 is 1.47 bits per heavy atom. The Labute approximate surface area is 108 Å². The van der Waals surface area contributed by atoms with Gasteiger partial charge >= 0.3 is 0 Å². The highest BCUT2D eigenvalue weighted by Crippen LogP contribution is 2.27. The summed E-state index contributed by atoms with van der Waals surface area (Å²) in [5, 5.41) is 4.18. The molecule has 0 bridgehead atoms. The molecule has 0 aliphatic heterocycles. The Morgan fingerprint density at radius 3 is 2.82 bits per heavy atom. The van der Waals surface area contributed by atoms with Gasteiger partial charge in [-0.3, -0.25) is 4.68 Å². The van der Waals surface area contributed by atoms with Crippen LogP contribution in [0.25, 0.3) is 0 Å². The monoisotopic (exact) mass is 297 g/mol. The molecule has 0 amide bonds. The molecule has 2 aromatic rings. The van der Waals surface area contributed by atoms with Crippen molar-refractivity contribution in [1.29, 1.82) is 0 Å². The average Bonchev–Trinajstić information content (AvgIpc) is 2.70. The first-order chi connectivity index (χ1) is 8.15. The summed E-state index contributed by atoms with van der Waals surface area (Å²) in [5.41, 5.74) is 7.37. The highest BCUT2D eigenvalue weighted by molar-refractivity contribution is 9.10. The Hall–Kier alpha value is -1.20. The number of nitrogens with zero attached hydrogens (tertiary/aromatic N) is 2. The van der Waals surface area contributed by atoms with Gasteiger partial charge in [0.15, 0.2) is 0 Å². The van der Waals surface area contributed by atoms with E-state index in [1.165, 1.54) is 6.07 Å². The zero-order valence-corrected chi connectivity index (χ0v) is 11.0. The highest BCUT2D eigenvalue weighted by atomic mass is 79.9. The van der Waals surface area contributed by atoms with E-state index in [1.807, 2.05) is 6.92 Å². The molecule has 3 nitrogen and oxygen atoms in total. The van der Waals surface area contributed by atoms with Gasteiger partial charge in [-0.1, -0.05) is 18.2 Å². The highest BCUT2D eigenvalue weighted by Gasteiger charge is 2.20. The number of halogens is 2. The van der Waals surface area contributed by atoms with E-state index in [2.05, 4.69) is 21.0 Å². The fourth-order valence-electron chi connectivity index (χ4n) is 1.81. The minimum Gasteiger partial charge on any atom is -0.319 e. The maximum atomic E-state index is 13.7. The molecular formula is C12H13BrFN3. The van der Waals surface area contributed by atoms with E-state index in [0.29, 0.717) is 12.1 Å². The van der Waals surface area contributed by atoms with Gasteiger partial charge in [0, 0.05) is 12.1 Å². The van der Waals surface area contributed by atoms with Gasteiger partial charge in [-0.2, -0.15) is 5.10 Å². The van der Waals surface area contributed by atoms with Crippen LogP contribution in [0.3, 0.4) is 0 Å². The number of rotatable bonds is 3. The largest absolute Gasteiger partial charge is 0.319 e. The fourth-order valence-corrected chi connectivity index (χ4v) is 2.35. The minimum absolute atomic E-state index is 0.296. The molecule has 1 atom stereocenters. The molecule has 0 radical (unpaired) electrons. The lowest BCUT2D eigenvalue weighted by Gasteiger charge is -2.15. The van der Waals surface area contributed by atoms with Gasteiger partial charge in [0.05, 0.1) is 22.4 Å². The van der Waals surface area contributed by atoms with E-state index in [1.54, 1.807) is 29.1 Å². The first kappa shape index (κ1) is 12.3. The SMILES string of the molecule is CCn1ncc(Br)c1C(N)c1ccccc1F. The van der Waals surface area contributed by atoms with Crippen LogP contribution < -0.4 is 5.73 Å². The number of aryl methyl sites for hydroxylation is 1. The van der Waals surface area contributed by atoms with Crippen LogP contribution in [-0.2, 0) is 6.54 Å². The van der Waals surface area contributed by atoms with Gasteiger partial charge in [0.2, 0.25) is 0 Å². The number of benzene rings is 1. The lowest BCUT2D eigenvalue weighted by molar-refractivity contribution is 0.567. The molecule has 0 aliphatic rings. The molecule has 0 saturated heterocycles. The van der Waals surface area contributed by atoms with Crippen molar-refractivity contribution in [3.8, 4) is 0 Å². The number of hydrogen-bond donors (Lipinski definition) is 1. The van der Waals surface area contributed by atoms with Crippen molar-refractivity contribution in [2.24, 2.45) is 5.73 Å². The molecule has 0 fully saturated rings. The Morgan fingerprint density at radius 2 is 2.18 bits per heavy atom. The standard InChI is InChI=1S/C12H13BrFN3/c1-2-17-12(9(13)7-16-17)11(15)8-5-3-4-6-10(8)14/h3-7,11H,2,15H2,1H3.